The first-order chi connectivity index (χ1) is 14.8. The maximum absolute atomic E-state index is 12.2. The Morgan fingerprint density at radius 3 is 2.74 bits per heavy atom. The average Bonchev–Trinajstić information content (AvgIpc) is 3.06. The number of allylic oxidation sites excluding steroid dienone is 5. The van der Waals surface area contributed by atoms with E-state index in [1.165, 1.54) is 0 Å². The zero-order chi connectivity index (χ0) is 22.8. The summed E-state index contributed by atoms with van der Waals surface area (Å²) in [4.78, 5) is 23.4. The van der Waals surface area contributed by atoms with Gasteiger partial charge in [0.05, 0.1) is 5.92 Å². The third-order valence-electron chi connectivity index (χ3n) is 5.40. The Hall–Kier alpha value is -2.37. The molecule has 0 saturated carbocycles. The highest BCUT2D eigenvalue weighted by Crippen LogP contribution is 2.28. The molecule has 0 amide bonds. The second-order valence-corrected chi connectivity index (χ2v) is 8.58. The van der Waals surface area contributed by atoms with E-state index in [-0.39, 0.29) is 36.1 Å². The van der Waals surface area contributed by atoms with Crippen molar-refractivity contribution >= 4 is 23.4 Å². The Kier molecular flexibility index (Phi) is 10.0. The average molecular weight is 447 g/mol. The third kappa shape index (κ3) is 8.35. The molecule has 6 heteroatoms. The summed E-state index contributed by atoms with van der Waals surface area (Å²) in [6.07, 6.45) is 12.0. The van der Waals surface area contributed by atoms with Gasteiger partial charge in [0.25, 0.3) is 0 Å². The molecule has 0 radical (unpaired) electrons. The lowest BCUT2D eigenvalue weighted by atomic mass is 9.90. The van der Waals surface area contributed by atoms with E-state index >= 15 is 0 Å². The van der Waals surface area contributed by atoms with E-state index < -0.39 is 12.1 Å². The second-order valence-electron chi connectivity index (χ2n) is 8.14. The van der Waals surface area contributed by atoms with Crippen molar-refractivity contribution < 1.29 is 24.5 Å². The van der Waals surface area contributed by atoms with Gasteiger partial charge in [0.2, 0.25) is 0 Å². The molecule has 0 spiro atoms. The van der Waals surface area contributed by atoms with Crippen LogP contribution in [-0.4, -0.2) is 34.7 Å². The molecule has 0 heterocycles. The van der Waals surface area contributed by atoms with Crippen LogP contribution in [0.1, 0.15) is 33.1 Å². The predicted octanol–water partition coefficient (Wildman–Crippen LogP) is 5.09. The Morgan fingerprint density at radius 1 is 1.29 bits per heavy atom. The Balaban J connectivity index is 1.80. The van der Waals surface area contributed by atoms with Crippen LogP contribution in [0.15, 0.2) is 60.7 Å². The SMILES string of the molecule is CC(C)C(CCC=CC[C@H]1C=CC(=O)[C@@H]1/C=C/[C@@H](O)COc1cccc(Cl)c1)C(=O)O. The van der Waals surface area contributed by atoms with E-state index in [0.29, 0.717) is 30.0 Å². The molecule has 2 rings (SSSR count). The van der Waals surface area contributed by atoms with E-state index in [9.17, 15) is 19.8 Å². The van der Waals surface area contributed by atoms with E-state index in [4.69, 9.17) is 16.3 Å². The number of carbonyl (C=O) groups excluding carboxylic acids is 1. The van der Waals surface area contributed by atoms with Gasteiger partial charge in [-0.05, 0) is 55.4 Å². The minimum atomic E-state index is -0.840. The number of benzene rings is 1. The summed E-state index contributed by atoms with van der Waals surface area (Å²) in [5.74, 6) is -0.688. The first kappa shape index (κ1) is 24.9. The van der Waals surface area contributed by atoms with Gasteiger partial charge < -0.3 is 14.9 Å². The number of ketones is 1. The maximum atomic E-state index is 12.2. The van der Waals surface area contributed by atoms with E-state index in [2.05, 4.69) is 0 Å². The monoisotopic (exact) mass is 446 g/mol. The fourth-order valence-electron chi connectivity index (χ4n) is 3.55. The predicted molar refractivity (Wildman–Crippen MR) is 122 cm³/mol. The number of carbonyl (C=O) groups is 2. The molecule has 0 aromatic heterocycles. The molecule has 1 aromatic rings. The lowest BCUT2D eigenvalue weighted by Crippen LogP contribution is -2.19. The van der Waals surface area contributed by atoms with Gasteiger partial charge in [-0.3, -0.25) is 9.59 Å². The summed E-state index contributed by atoms with van der Waals surface area (Å²) in [5.41, 5.74) is 0. The normalized spacial score (nSPS) is 20.7. The van der Waals surface area contributed by atoms with Crippen molar-refractivity contribution in [3.63, 3.8) is 0 Å². The molecule has 5 nitrogen and oxygen atoms in total. The summed E-state index contributed by atoms with van der Waals surface area (Å²) in [6, 6.07) is 6.94. The number of ether oxygens (including phenoxy) is 1. The lowest BCUT2D eigenvalue weighted by Gasteiger charge is -2.15. The van der Waals surface area contributed by atoms with Crippen molar-refractivity contribution in [3.05, 3.63) is 65.7 Å². The van der Waals surface area contributed by atoms with Crippen LogP contribution in [0.5, 0.6) is 5.75 Å². The van der Waals surface area contributed by atoms with Crippen LogP contribution in [0, 0.1) is 23.7 Å². The van der Waals surface area contributed by atoms with Crippen LogP contribution < -0.4 is 4.74 Å². The molecular formula is C25H31ClO5. The van der Waals surface area contributed by atoms with Gasteiger partial charge in [-0.25, -0.2) is 0 Å². The molecule has 4 atom stereocenters. The van der Waals surface area contributed by atoms with Crippen LogP contribution in [0.3, 0.4) is 0 Å². The number of carboxylic acids is 1. The minimum Gasteiger partial charge on any atom is -0.491 e. The van der Waals surface area contributed by atoms with Crippen molar-refractivity contribution in [2.24, 2.45) is 23.7 Å². The van der Waals surface area contributed by atoms with Crippen molar-refractivity contribution in [3.8, 4) is 5.75 Å². The molecule has 1 unspecified atom stereocenters. The van der Waals surface area contributed by atoms with Gasteiger partial charge in [-0.1, -0.05) is 61.9 Å². The summed E-state index contributed by atoms with van der Waals surface area (Å²) in [6.45, 7) is 3.90. The molecular weight excluding hydrogens is 416 g/mol. The van der Waals surface area contributed by atoms with Crippen LogP contribution in [0.2, 0.25) is 5.02 Å². The summed E-state index contributed by atoms with van der Waals surface area (Å²) in [7, 11) is 0. The number of aliphatic carboxylic acids is 1. The number of aliphatic hydroxyl groups excluding tert-OH is 1. The van der Waals surface area contributed by atoms with Gasteiger partial charge in [0, 0.05) is 10.9 Å². The highest BCUT2D eigenvalue weighted by atomic mass is 35.5. The minimum absolute atomic E-state index is 0.0170. The van der Waals surface area contributed by atoms with Gasteiger partial charge in [0.15, 0.2) is 5.78 Å². The van der Waals surface area contributed by atoms with Crippen LogP contribution in [-0.2, 0) is 9.59 Å². The van der Waals surface area contributed by atoms with Crippen molar-refractivity contribution in [1.82, 2.24) is 0 Å². The standard InChI is InChI=1S/C25H31ClO5/c1-17(2)22(25(29)30)10-5-3-4-7-18-11-14-24(28)23(18)13-12-20(27)16-31-21-9-6-8-19(26)15-21/h3-4,6,8-9,11-15,17-18,20,22-23,27H,5,7,10,16H2,1-2H3,(H,29,30)/b4-3?,13-12+/t18-,20+,22?,23+/m0/s1. The van der Waals surface area contributed by atoms with E-state index in [1.54, 1.807) is 42.5 Å². The molecule has 0 fully saturated rings. The summed E-state index contributed by atoms with van der Waals surface area (Å²) < 4.78 is 5.52. The second kappa shape index (κ2) is 12.5. The molecule has 1 aliphatic carbocycles. The zero-order valence-electron chi connectivity index (χ0n) is 18.0. The van der Waals surface area contributed by atoms with Crippen LogP contribution >= 0.6 is 11.6 Å². The Morgan fingerprint density at radius 2 is 2.06 bits per heavy atom. The van der Waals surface area contributed by atoms with Gasteiger partial charge in [-0.2, -0.15) is 0 Å². The van der Waals surface area contributed by atoms with E-state index in [0.717, 1.165) is 0 Å². The fourth-order valence-corrected chi connectivity index (χ4v) is 3.73. The largest absolute Gasteiger partial charge is 0.491 e. The smallest absolute Gasteiger partial charge is 0.306 e. The Bertz CT molecular complexity index is 827. The molecule has 0 bridgehead atoms. The van der Waals surface area contributed by atoms with Gasteiger partial charge in [-0.15, -0.1) is 0 Å². The topological polar surface area (TPSA) is 83.8 Å². The molecule has 1 aromatic carbocycles. The number of carboxylic acid groups (broad SMARTS) is 1. The van der Waals surface area contributed by atoms with Crippen molar-refractivity contribution in [2.75, 3.05) is 6.61 Å². The van der Waals surface area contributed by atoms with Crippen molar-refractivity contribution in [1.29, 1.82) is 0 Å². The number of aliphatic hydroxyl groups is 1. The zero-order valence-corrected chi connectivity index (χ0v) is 18.7. The fraction of sp³-hybridized carbons (Fsp3) is 0.440. The van der Waals surface area contributed by atoms with Crippen LogP contribution in [0.4, 0.5) is 0 Å². The first-order valence-electron chi connectivity index (χ1n) is 10.6. The number of rotatable bonds is 12. The quantitative estimate of drug-likeness (QED) is 0.437. The Labute approximate surface area is 189 Å². The van der Waals surface area contributed by atoms with Gasteiger partial charge >= 0.3 is 5.97 Å². The molecule has 0 saturated heterocycles. The molecule has 0 aliphatic heterocycles. The number of hydrogen-bond donors (Lipinski definition) is 2. The highest BCUT2D eigenvalue weighted by molar-refractivity contribution is 6.30. The summed E-state index contributed by atoms with van der Waals surface area (Å²) in [5, 5.41) is 20.0. The highest BCUT2D eigenvalue weighted by Gasteiger charge is 2.27. The number of halogens is 1. The van der Waals surface area contributed by atoms with E-state index in [1.807, 2.05) is 32.1 Å². The van der Waals surface area contributed by atoms with Crippen molar-refractivity contribution in [2.45, 2.75) is 39.2 Å². The summed E-state index contributed by atoms with van der Waals surface area (Å²) >= 11 is 5.91. The third-order valence-corrected chi connectivity index (χ3v) is 5.63. The number of hydrogen-bond acceptors (Lipinski definition) is 4. The first-order valence-corrected chi connectivity index (χ1v) is 11.0. The van der Waals surface area contributed by atoms with Crippen LogP contribution in [0.25, 0.3) is 0 Å². The molecule has 2 N–H and O–H groups in total. The molecule has 31 heavy (non-hydrogen) atoms. The molecule has 1 aliphatic rings. The lowest BCUT2D eigenvalue weighted by molar-refractivity contribution is -0.143. The van der Waals surface area contributed by atoms with Gasteiger partial charge in [0.1, 0.15) is 18.5 Å². The maximum Gasteiger partial charge on any atom is 0.306 e. The molecule has 168 valence electrons.